The van der Waals surface area contributed by atoms with Gasteiger partial charge in [0.05, 0.1) is 19.9 Å². The van der Waals surface area contributed by atoms with Crippen molar-refractivity contribution in [3.8, 4) is 29.2 Å². The first-order valence-corrected chi connectivity index (χ1v) is 8.96. The Labute approximate surface area is 180 Å². The van der Waals surface area contributed by atoms with Gasteiger partial charge in [-0.2, -0.15) is 23.4 Å². The van der Waals surface area contributed by atoms with Gasteiger partial charge in [0.15, 0.2) is 11.5 Å². The fourth-order valence-corrected chi connectivity index (χ4v) is 2.80. The van der Waals surface area contributed by atoms with E-state index in [4.69, 9.17) is 35.6 Å². The zero-order chi connectivity index (χ0) is 24.1. The quantitative estimate of drug-likeness (QED) is 0.448. The summed E-state index contributed by atoms with van der Waals surface area (Å²) in [4.78, 5) is 13.1. The molecule has 0 spiro atoms. The zero-order valence-corrected chi connectivity index (χ0v) is 17.0. The molecule has 0 aliphatic carbocycles. The summed E-state index contributed by atoms with van der Waals surface area (Å²) >= 11 is 0. The molecule has 0 unspecified atom stereocenters. The second-order valence-corrected chi connectivity index (χ2v) is 6.25. The van der Waals surface area contributed by atoms with E-state index in [0.717, 1.165) is 11.1 Å². The average Bonchev–Trinajstić information content (AvgIpc) is 2.74. The standard InChI is InChI=1S/C17H19N5O3.C2HF3O2/c1-23-13-6-9-5-10-15(21-4-3-18)11(8-19)16(20)22-17(10)25-12(9)7-14(13)24-2;3-2(4,5)1(6)7/h6-7H,3-5,18H2,1-2H3,(H3,20,21,22);(H,6,7). The largest absolute Gasteiger partial charge is 0.493 e. The Bertz CT molecular complexity index is 1050. The van der Waals surface area contributed by atoms with Crippen LogP contribution in [-0.4, -0.2) is 49.5 Å². The molecule has 6 N–H and O–H groups in total. The maximum absolute atomic E-state index is 10.6. The van der Waals surface area contributed by atoms with Crippen molar-refractivity contribution in [3.63, 3.8) is 0 Å². The molecule has 172 valence electrons. The van der Waals surface area contributed by atoms with Crippen LogP contribution in [0.4, 0.5) is 24.7 Å². The van der Waals surface area contributed by atoms with Crippen molar-refractivity contribution >= 4 is 17.5 Å². The minimum atomic E-state index is -5.08. The Kier molecular flexibility index (Phi) is 7.55. The number of pyridine rings is 1. The highest BCUT2D eigenvalue weighted by molar-refractivity contribution is 5.75. The van der Waals surface area contributed by atoms with E-state index < -0.39 is 12.1 Å². The van der Waals surface area contributed by atoms with Crippen LogP contribution < -0.4 is 31.0 Å². The number of rotatable bonds is 5. The number of nitrogen functional groups attached to an aromatic ring is 1. The number of hydrogen-bond donors (Lipinski definition) is 4. The third-order valence-corrected chi connectivity index (χ3v) is 4.23. The number of hydrogen-bond acceptors (Lipinski definition) is 9. The lowest BCUT2D eigenvalue weighted by molar-refractivity contribution is -0.192. The molecule has 2 aromatic rings. The lowest BCUT2D eigenvalue weighted by Crippen LogP contribution is -2.21. The van der Waals surface area contributed by atoms with Gasteiger partial charge in [-0.1, -0.05) is 0 Å². The number of ether oxygens (including phenoxy) is 3. The summed E-state index contributed by atoms with van der Waals surface area (Å²) < 4.78 is 48.3. The molecule has 2 heterocycles. The third kappa shape index (κ3) is 5.22. The number of aromatic nitrogens is 1. The molecule has 0 amide bonds. The number of carbonyl (C=O) groups is 1. The molecule has 0 fully saturated rings. The van der Waals surface area contributed by atoms with Crippen LogP contribution in [0, 0.1) is 11.3 Å². The van der Waals surface area contributed by atoms with E-state index in [1.165, 1.54) is 0 Å². The summed E-state index contributed by atoms with van der Waals surface area (Å²) in [5.74, 6) is -0.485. The monoisotopic (exact) mass is 455 g/mol. The fraction of sp³-hybridized carbons (Fsp3) is 0.316. The number of nitriles is 1. The number of nitrogens with one attached hydrogen (secondary N) is 1. The molecule has 13 heteroatoms. The Morgan fingerprint density at radius 2 is 1.94 bits per heavy atom. The first-order chi connectivity index (χ1) is 15.1. The number of aliphatic carboxylic acids is 1. The molecule has 3 rings (SSSR count). The lowest BCUT2D eigenvalue weighted by Gasteiger charge is -2.24. The molecular weight excluding hydrogens is 435 g/mol. The highest BCUT2D eigenvalue weighted by atomic mass is 19.4. The van der Waals surface area contributed by atoms with Crippen molar-refractivity contribution in [2.75, 3.05) is 38.4 Å². The molecule has 1 aromatic carbocycles. The van der Waals surface area contributed by atoms with Crippen molar-refractivity contribution in [1.82, 2.24) is 4.98 Å². The van der Waals surface area contributed by atoms with Gasteiger partial charge in [0.25, 0.3) is 0 Å². The van der Waals surface area contributed by atoms with Gasteiger partial charge >= 0.3 is 12.1 Å². The molecule has 1 aromatic heterocycles. The topological polar surface area (TPSA) is 166 Å². The van der Waals surface area contributed by atoms with E-state index in [9.17, 15) is 18.4 Å². The molecule has 10 nitrogen and oxygen atoms in total. The molecule has 1 aliphatic heterocycles. The second-order valence-electron chi connectivity index (χ2n) is 6.25. The number of halogens is 3. The summed E-state index contributed by atoms with van der Waals surface area (Å²) in [6.07, 6.45) is -4.57. The van der Waals surface area contributed by atoms with Gasteiger partial charge in [0.1, 0.15) is 23.2 Å². The molecule has 0 saturated heterocycles. The average molecular weight is 455 g/mol. The van der Waals surface area contributed by atoms with E-state index >= 15 is 0 Å². The van der Waals surface area contributed by atoms with Gasteiger partial charge in [-0.05, 0) is 6.07 Å². The van der Waals surface area contributed by atoms with Gasteiger partial charge in [0.2, 0.25) is 5.88 Å². The van der Waals surface area contributed by atoms with Crippen molar-refractivity contribution in [2.24, 2.45) is 5.73 Å². The Hall–Kier alpha value is -3.92. The summed E-state index contributed by atoms with van der Waals surface area (Å²) in [6.45, 7) is 0.924. The summed E-state index contributed by atoms with van der Waals surface area (Å²) in [6, 6.07) is 5.70. The van der Waals surface area contributed by atoms with E-state index in [1.807, 2.05) is 6.07 Å². The first-order valence-electron chi connectivity index (χ1n) is 8.96. The Morgan fingerprint density at radius 3 is 2.44 bits per heavy atom. The minimum Gasteiger partial charge on any atom is -0.493 e. The van der Waals surface area contributed by atoms with Gasteiger partial charge in [-0.25, -0.2) is 4.79 Å². The number of carboxylic acid groups (broad SMARTS) is 1. The number of benzene rings is 1. The molecule has 0 saturated carbocycles. The summed E-state index contributed by atoms with van der Waals surface area (Å²) in [7, 11) is 3.14. The van der Waals surface area contributed by atoms with Crippen LogP contribution in [0.1, 0.15) is 16.7 Å². The third-order valence-electron chi connectivity index (χ3n) is 4.23. The van der Waals surface area contributed by atoms with Gasteiger partial charge in [-0.15, -0.1) is 0 Å². The molecule has 0 bridgehead atoms. The van der Waals surface area contributed by atoms with E-state index in [-0.39, 0.29) is 5.82 Å². The Morgan fingerprint density at radius 1 is 1.34 bits per heavy atom. The normalized spacial score (nSPS) is 11.5. The van der Waals surface area contributed by atoms with E-state index in [2.05, 4.69) is 16.4 Å². The van der Waals surface area contributed by atoms with Crippen LogP contribution >= 0.6 is 0 Å². The molecule has 0 radical (unpaired) electrons. The van der Waals surface area contributed by atoms with Crippen molar-refractivity contribution in [1.29, 1.82) is 5.26 Å². The molecular formula is C19H20F3N5O5. The number of anilines is 2. The lowest BCUT2D eigenvalue weighted by atomic mass is 9.98. The Balaban J connectivity index is 0.000000451. The molecule has 32 heavy (non-hydrogen) atoms. The van der Waals surface area contributed by atoms with Gasteiger partial charge in [-0.3, -0.25) is 0 Å². The summed E-state index contributed by atoms with van der Waals surface area (Å²) in [5.41, 5.74) is 14.1. The van der Waals surface area contributed by atoms with Crippen LogP contribution in [0.2, 0.25) is 0 Å². The van der Waals surface area contributed by atoms with Crippen LogP contribution in [0.25, 0.3) is 0 Å². The van der Waals surface area contributed by atoms with Gasteiger partial charge < -0.3 is 36.1 Å². The van der Waals surface area contributed by atoms with Crippen LogP contribution in [0.5, 0.6) is 23.1 Å². The maximum Gasteiger partial charge on any atom is 0.490 e. The molecule has 1 aliphatic rings. The van der Waals surface area contributed by atoms with Crippen LogP contribution in [0.3, 0.4) is 0 Å². The first kappa shape index (κ1) is 24.4. The van der Waals surface area contributed by atoms with E-state index in [1.54, 1.807) is 20.3 Å². The zero-order valence-electron chi connectivity index (χ0n) is 17.0. The van der Waals surface area contributed by atoms with Crippen molar-refractivity contribution in [3.05, 3.63) is 28.8 Å². The van der Waals surface area contributed by atoms with E-state index in [0.29, 0.717) is 53.9 Å². The van der Waals surface area contributed by atoms with Crippen LogP contribution in [-0.2, 0) is 11.2 Å². The predicted octanol–water partition coefficient (Wildman–Crippen LogP) is 2.25. The fourth-order valence-electron chi connectivity index (χ4n) is 2.80. The smallest absolute Gasteiger partial charge is 0.490 e. The maximum atomic E-state index is 10.6. The minimum absolute atomic E-state index is 0.115. The number of nitrogens with zero attached hydrogens (tertiary/aromatic N) is 2. The highest BCUT2D eigenvalue weighted by Gasteiger charge is 2.38. The van der Waals surface area contributed by atoms with Gasteiger partial charge in [0, 0.05) is 36.7 Å². The predicted molar refractivity (Wildman–Crippen MR) is 107 cm³/mol. The highest BCUT2D eigenvalue weighted by Crippen LogP contribution is 2.45. The van der Waals surface area contributed by atoms with Crippen molar-refractivity contribution in [2.45, 2.75) is 12.6 Å². The van der Waals surface area contributed by atoms with Crippen LogP contribution in [0.15, 0.2) is 12.1 Å². The number of fused-ring (bicyclic) bond motifs is 2. The number of alkyl halides is 3. The number of nitrogens with two attached hydrogens (primary N) is 2. The van der Waals surface area contributed by atoms with Crippen molar-refractivity contribution < 1.29 is 37.3 Å². The number of carboxylic acids is 1. The SMILES string of the molecule is COc1cc2c(cc1OC)Oc1nc(N)c(C#N)c(NCCN)c1C2.O=C(O)C(F)(F)F. The second kappa shape index (κ2) is 9.92. The summed E-state index contributed by atoms with van der Waals surface area (Å²) in [5, 5.41) is 19.7. The number of methoxy groups -OCH3 is 2. The molecule has 0 atom stereocenters.